The molecule has 1 aliphatic rings. The van der Waals surface area contributed by atoms with E-state index in [2.05, 4.69) is 18.7 Å². The van der Waals surface area contributed by atoms with E-state index in [0.717, 1.165) is 19.4 Å². The molecular formula is C12H21N3S. The van der Waals surface area contributed by atoms with Gasteiger partial charge in [0.1, 0.15) is 0 Å². The molecule has 0 saturated carbocycles. The van der Waals surface area contributed by atoms with Gasteiger partial charge in [0.15, 0.2) is 5.13 Å². The molecule has 1 aromatic heterocycles. The lowest BCUT2D eigenvalue weighted by atomic mass is 10.2. The van der Waals surface area contributed by atoms with Crippen molar-refractivity contribution in [2.24, 2.45) is 5.73 Å². The number of aryl methyl sites for hydroxylation is 1. The van der Waals surface area contributed by atoms with Crippen LogP contribution in [0.3, 0.4) is 0 Å². The standard InChI is InChI=1S/C12H21N3S/c1-3-5-10-11(8-13)16-12(14-10)15-7-4-6-9(15)2/h9H,3-8,13H2,1-2H3. The van der Waals surface area contributed by atoms with Crippen molar-refractivity contribution in [1.82, 2.24) is 4.98 Å². The van der Waals surface area contributed by atoms with Crippen molar-refractivity contribution in [1.29, 1.82) is 0 Å². The van der Waals surface area contributed by atoms with Crippen molar-refractivity contribution in [3.8, 4) is 0 Å². The molecular weight excluding hydrogens is 218 g/mol. The Kier molecular flexibility index (Phi) is 3.82. The van der Waals surface area contributed by atoms with Crippen LogP contribution < -0.4 is 10.6 Å². The molecule has 2 heterocycles. The molecule has 0 spiro atoms. The number of aromatic nitrogens is 1. The molecule has 1 fully saturated rings. The first-order valence-corrected chi connectivity index (χ1v) is 7.03. The largest absolute Gasteiger partial charge is 0.345 e. The van der Waals surface area contributed by atoms with Gasteiger partial charge in [0, 0.05) is 24.0 Å². The molecule has 1 aliphatic heterocycles. The molecule has 3 nitrogen and oxygen atoms in total. The maximum absolute atomic E-state index is 5.78. The Morgan fingerprint density at radius 3 is 2.94 bits per heavy atom. The van der Waals surface area contributed by atoms with Crippen LogP contribution in [0.25, 0.3) is 0 Å². The molecule has 2 rings (SSSR count). The molecule has 90 valence electrons. The normalized spacial score (nSPS) is 20.7. The molecule has 0 bridgehead atoms. The van der Waals surface area contributed by atoms with E-state index in [1.165, 1.54) is 28.5 Å². The summed E-state index contributed by atoms with van der Waals surface area (Å²) in [7, 11) is 0. The number of rotatable bonds is 4. The van der Waals surface area contributed by atoms with Crippen LogP contribution in [0.4, 0.5) is 5.13 Å². The van der Waals surface area contributed by atoms with Gasteiger partial charge in [-0.25, -0.2) is 4.98 Å². The van der Waals surface area contributed by atoms with Crippen LogP contribution >= 0.6 is 11.3 Å². The predicted octanol–water partition coefficient (Wildman–Crippen LogP) is 2.54. The highest BCUT2D eigenvalue weighted by Gasteiger charge is 2.24. The third-order valence-corrected chi connectivity index (χ3v) is 4.39. The van der Waals surface area contributed by atoms with Gasteiger partial charge in [-0.3, -0.25) is 0 Å². The van der Waals surface area contributed by atoms with Crippen LogP contribution in [-0.2, 0) is 13.0 Å². The van der Waals surface area contributed by atoms with Crippen molar-refractivity contribution in [3.63, 3.8) is 0 Å². The van der Waals surface area contributed by atoms with Gasteiger partial charge in [-0.05, 0) is 26.2 Å². The molecule has 0 aliphatic carbocycles. The van der Waals surface area contributed by atoms with Crippen LogP contribution in [0, 0.1) is 0 Å². The van der Waals surface area contributed by atoms with Crippen LogP contribution in [-0.4, -0.2) is 17.6 Å². The average molecular weight is 239 g/mol. The lowest BCUT2D eigenvalue weighted by molar-refractivity contribution is 0.730. The third-order valence-electron chi connectivity index (χ3n) is 3.24. The quantitative estimate of drug-likeness (QED) is 0.878. The maximum atomic E-state index is 5.78. The fraction of sp³-hybridized carbons (Fsp3) is 0.750. The summed E-state index contributed by atoms with van der Waals surface area (Å²) >= 11 is 1.79. The Morgan fingerprint density at radius 1 is 1.56 bits per heavy atom. The van der Waals surface area contributed by atoms with Crippen molar-refractivity contribution >= 4 is 16.5 Å². The summed E-state index contributed by atoms with van der Waals surface area (Å²) in [5.41, 5.74) is 7.01. The molecule has 16 heavy (non-hydrogen) atoms. The molecule has 2 N–H and O–H groups in total. The molecule has 1 atom stereocenters. The lowest BCUT2D eigenvalue weighted by Crippen LogP contribution is -2.25. The number of hydrogen-bond donors (Lipinski definition) is 1. The minimum absolute atomic E-state index is 0.634. The zero-order chi connectivity index (χ0) is 11.5. The monoisotopic (exact) mass is 239 g/mol. The molecule has 1 unspecified atom stereocenters. The first-order chi connectivity index (χ1) is 7.76. The topological polar surface area (TPSA) is 42.2 Å². The summed E-state index contributed by atoms with van der Waals surface area (Å²) in [5.74, 6) is 0. The van der Waals surface area contributed by atoms with Gasteiger partial charge >= 0.3 is 0 Å². The molecule has 0 amide bonds. The lowest BCUT2D eigenvalue weighted by Gasteiger charge is -2.19. The van der Waals surface area contributed by atoms with Crippen LogP contribution in [0.1, 0.15) is 43.7 Å². The molecule has 1 aromatic rings. The summed E-state index contributed by atoms with van der Waals surface area (Å²) < 4.78 is 0. The number of nitrogens with two attached hydrogens (primary N) is 1. The second-order valence-electron chi connectivity index (χ2n) is 4.51. The number of anilines is 1. The fourth-order valence-corrected chi connectivity index (χ4v) is 3.42. The number of hydrogen-bond acceptors (Lipinski definition) is 4. The Morgan fingerprint density at radius 2 is 2.38 bits per heavy atom. The Bertz CT molecular complexity index is 348. The van der Waals surface area contributed by atoms with Crippen LogP contribution in [0.15, 0.2) is 0 Å². The van der Waals surface area contributed by atoms with Crippen molar-refractivity contribution in [2.75, 3.05) is 11.4 Å². The first kappa shape index (κ1) is 11.9. The number of nitrogens with zero attached hydrogens (tertiary/aromatic N) is 2. The Hall–Kier alpha value is -0.610. The minimum atomic E-state index is 0.634. The molecule has 0 aromatic carbocycles. The van der Waals surface area contributed by atoms with E-state index in [9.17, 15) is 0 Å². The van der Waals surface area contributed by atoms with Gasteiger partial charge in [-0.15, -0.1) is 11.3 Å². The smallest absolute Gasteiger partial charge is 0.186 e. The van der Waals surface area contributed by atoms with Gasteiger partial charge in [-0.1, -0.05) is 13.3 Å². The van der Waals surface area contributed by atoms with Crippen molar-refractivity contribution in [3.05, 3.63) is 10.6 Å². The summed E-state index contributed by atoms with van der Waals surface area (Å²) in [6.45, 7) is 6.27. The van der Waals surface area contributed by atoms with Crippen LogP contribution in [0.5, 0.6) is 0 Å². The fourth-order valence-electron chi connectivity index (χ4n) is 2.30. The maximum Gasteiger partial charge on any atom is 0.186 e. The highest BCUT2D eigenvalue weighted by molar-refractivity contribution is 7.15. The zero-order valence-corrected chi connectivity index (χ0v) is 11.0. The Balaban J connectivity index is 2.21. The van der Waals surface area contributed by atoms with E-state index < -0.39 is 0 Å². The second-order valence-corrected chi connectivity index (χ2v) is 5.57. The summed E-state index contributed by atoms with van der Waals surface area (Å²) in [6, 6.07) is 0.645. The third kappa shape index (κ3) is 2.23. The van der Waals surface area contributed by atoms with E-state index in [4.69, 9.17) is 10.7 Å². The molecule has 4 heteroatoms. The van der Waals surface area contributed by atoms with Gasteiger partial charge < -0.3 is 10.6 Å². The van der Waals surface area contributed by atoms with Gasteiger partial charge in [0.2, 0.25) is 0 Å². The second kappa shape index (κ2) is 5.15. The predicted molar refractivity (Wildman–Crippen MR) is 70.0 cm³/mol. The van der Waals surface area contributed by atoms with E-state index >= 15 is 0 Å². The van der Waals surface area contributed by atoms with E-state index in [1.807, 2.05) is 0 Å². The van der Waals surface area contributed by atoms with E-state index in [-0.39, 0.29) is 0 Å². The van der Waals surface area contributed by atoms with Crippen molar-refractivity contribution in [2.45, 2.75) is 52.1 Å². The highest BCUT2D eigenvalue weighted by Crippen LogP contribution is 2.31. The van der Waals surface area contributed by atoms with Gasteiger partial charge in [-0.2, -0.15) is 0 Å². The van der Waals surface area contributed by atoms with Gasteiger partial charge in [0.05, 0.1) is 5.69 Å². The van der Waals surface area contributed by atoms with E-state index in [1.54, 1.807) is 11.3 Å². The minimum Gasteiger partial charge on any atom is -0.345 e. The summed E-state index contributed by atoms with van der Waals surface area (Å²) in [4.78, 5) is 8.48. The summed E-state index contributed by atoms with van der Waals surface area (Å²) in [5, 5.41) is 1.19. The van der Waals surface area contributed by atoms with Crippen molar-refractivity contribution < 1.29 is 0 Å². The number of thiazole rings is 1. The van der Waals surface area contributed by atoms with Gasteiger partial charge in [0.25, 0.3) is 0 Å². The molecule has 0 radical (unpaired) electrons. The van der Waals surface area contributed by atoms with Crippen LogP contribution in [0.2, 0.25) is 0 Å². The Labute approximate surface area is 102 Å². The van der Waals surface area contributed by atoms with E-state index in [0.29, 0.717) is 12.6 Å². The SMILES string of the molecule is CCCc1nc(N2CCCC2C)sc1CN. The first-order valence-electron chi connectivity index (χ1n) is 6.21. The summed E-state index contributed by atoms with van der Waals surface area (Å²) in [6.07, 6.45) is 4.79. The molecule has 1 saturated heterocycles. The average Bonchev–Trinajstić information content (AvgIpc) is 2.85. The zero-order valence-electron chi connectivity index (χ0n) is 10.2. The highest BCUT2D eigenvalue weighted by atomic mass is 32.1.